The van der Waals surface area contributed by atoms with Crippen molar-refractivity contribution in [2.75, 3.05) is 6.54 Å². The first-order valence-electron chi connectivity index (χ1n) is 7.52. The van der Waals surface area contributed by atoms with Crippen LogP contribution in [0.3, 0.4) is 0 Å². The molecule has 0 saturated carbocycles. The van der Waals surface area contributed by atoms with Gasteiger partial charge in [0.15, 0.2) is 0 Å². The quantitative estimate of drug-likeness (QED) is 0.889. The molecule has 0 fully saturated rings. The third-order valence-electron chi connectivity index (χ3n) is 3.26. The molecular formula is C16H26N4S. The van der Waals surface area contributed by atoms with Gasteiger partial charge < -0.3 is 9.88 Å². The Morgan fingerprint density at radius 1 is 1.33 bits per heavy atom. The third-order valence-corrected chi connectivity index (χ3v) is 4.10. The second-order valence-electron chi connectivity index (χ2n) is 6.87. The minimum absolute atomic E-state index is 0.116. The van der Waals surface area contributed by atoms with E-state index in [0.717, 1.165) is 30.5 Å². The van der Waals surface area contributed by atoms with Crippen molar-refractivity contribution in [3.8, 4) is 0 Å². The molecule has 2 aromatic rings. The van der Waals surface area contributed by atoms with Gasteiger partial charge in [0.2, 0.25) is 0 Å². The zero-order valence-electron chi connectivity index (χ0n) is 13.7. The first-order valence-corrected chi connectivity index (χ1v) is 8.40. The highest BCUT2D eigenvalue weighted by atomic mass is 32.1. The van der Waals surface area contributed by atoms with Crippen molar-refractivity contribution in [2.45, 2.75) is 53.1 Å². The number of nitrogens with one attached hydrogen (secondary N) is 1. The Morgan fingerprint density at radius 2 is 2.10 bits per heavy atom. The number of rotatable bonds is 6. The molecule has 4 nitrogen and oxygen atoms in total. The van der Waals surface area contributed by atoms with Crippen LogP contribution >= 0.6 is 11.3 Å². The minimum atomic E-state index is 0.116. The van der Waals surface area contributed by atoms with Crippen LogP contribution in [0.25, 0.3) is 0 Å². The second-order valence-corrected chi connectivity index (χ2v) is 7.82. The lowest BCUT2D eigenvalue weighted by Crippen LogP contribution is -2.21. The number of imidazole rings is 1. The molecular weight excluding hydrogens is 280 g/mol. The van der Waals surface area contributed by atoms with E-state index in [2.05, 4.69) is 54.9 Å². The zero-order chi connectivity index (χ0) is 15.5. The van der Waals surface area contributed by atoms with E-state index in [1.807, 2.05) is 12.4 Å². The lowest BCUT2D eigenvalue weighted by atomic mass is 9.93. The molecule has 0 aliphatic rings. The predicted molar refractivity (Wildman–Crippen MR) is 88.7 cm³/mol. The van der Waals surface area contributed by atoms with Crippen LogP contribution in [0.4, 0.5) is 0 Å². The van der Waals surface area contributed by atoms with Crippen LogP contribution in [-0.4, -0.2) is 21.1 Å². The van der Waals surface area contributed by atoms with E-state index in [0.29, 0.717) is 5.92 Å². The van der Waals surface area contributed by atoms with Crippen LogP contribution in [0.5, 0.6) is 0 Å². The average Bonchev–Trinajstić information content (AvgIpc) is 2.99. The first-order chi connectivity index (χ1) is 9.86. The van der Waals surface area contributed by atoms with Gasteiger partial charge >= 0.3 is 0 Å². The Labute approximate surface area is 131 Å². The minimum Gasteiger partial charge on any atom is -0.327 e. The number of hydrogen-bond acceptors (Lipinski definition) is 4. The average molecular weight is 306 g/mol. The van der Waals surface area contributed by atoms with Crippen molar-refractivity contribution < 1.29 is 0 Å². The van der Waals surface area contributed by atoms with Crippen LogP contribution in [-0.2, 0) is 18.5 Å². The summed E-state index contributed by atoms with van der Waals surface area (Å²) in [6, 6.07) is 0. The van der Waals surface area contributed by atoms with Gasteiger partial charge in [-0.2, -0.15) is 0 Å². The molecule has 0 bridgehead atoms. The van der Waals surface area contributed by atoms with E-state index < -0.39 is 0 Å². The fourth-order valence-corrected chi connectivity index (χ4v) is 3.02. The number of aromatic nitrogens is 3. The predicted octanol–water partition coefficient (Wildman–Crippen LogP) is 3.43. The summed E-state index contributed by atoms with van der Waals surface area (Å²) in [7, 11) is 0. The van der Waals surface area contributed by atoms with E-state index in [-0.39, 0.29) is 5.41 Å². The molecule has 0 unspecified atom stereocenters. The van der Waals surface area contributed by atoms with Crippen LogP contribution in [0.2, 0.25) is 0 Å². The van der Waals surface area contributed by atoms with Gasteiger partial charge in [-0.3, -0.25) is 0 Å². The van der Waals surface area contributed by atoms with Crippen LogP contribution < -0.4 is 5.32 Å². The van der Waals surface area contributed by atoms with E-state index in [1.54, 1.807) is 11.3 Å². The second kappa shape index (κ2) is 6.71. The van der Waals surface area contributed by atoms with Gasteiger partial charge in [-0.15, -0.1) is 11.3 Å². The molecule has 0 aromatic carbocycles. The molecule has 2 heterocycles. The summed E-state index contributed by atoms with van der Waals surface area (Å²) >= 11 is 1.73. The molecule has 0 spiro atoms. The number of hydrogen-bond donors (Lipinski definition) is 1. The molecule has 2 aromatic heterocycles. The van der Waals surface area contributed by atoms with E-state index in [9.17, 15) is 0 Å². The Bertz CT molecular complexity index is 563. The number of nitrogens with zero attached hydrogens (tertiary/aromatic N) is 3. The van der Waals surface area contributed by atoms with Crippen molar-refractivity contribution in [2.24, 2.45) is 5.92 Å². The summed E-state index contributed by atoms with van der Waals surface area (Å²) < 4.78 is 2.18. The fraction of sp³-hybridized carbons (Fsp3) is 0.625. The summed E-state index contributed by atoms with van der Waals surface area (Å²) in [6.45, 7) is 13.6. The largest absolute Gasteiger partial charge is 0.327 e. The number of thiazole rings is 1. The SMILES string of the molecule is CC(C)CNCc1nccn1Cc1nc(C(C)(C)C)cs1. The molecule has 0 amide bonds. The van der Waals surface area contributed by atoms with Gasteiger partial charge in [-0.25, -0.2) is 9.97 Å². The molecule has 5 heteroatoms. The molecule has 0 radical (unpaired) electrons. The maximum absolute atomic E-state index is 4.76. The molecule has 1 N–H and O–H groups in total. The molecule has 0 aliphatic heterocycles. The molecule has 0 saturated heterocycles. The molecule has 0 aliphatic carbocycles. The van der Waals surface area contributed by atoms with Gasteiger partial charge in [0.1, 0.15) is 10.8 Å². The van der Waals surface area contributed by atoms with E-state index in [4.69, 9.17) is 4.98 Å². The smallest absolute Gasteiger partial charge is 0.123 e. The van der Waals surface area contributed by atoms with Gasteiger partial charge in [0, 0.05) is 23.2 Å². The van der Waals surface area contributed by atoms with Gasteiger partial charge in [-0.05, 0) is 12.5 Å². The fourth-order valence-electron chi connectivity index (χ4n) is 2.00. The van der Waals surface area contributed by atoms with Crippen molar-refractivity contribution in [3.63, 3.8) is 0 Å². The van der Waals surface area contributed by atoms with Crippen molar-refractivity contribution in [1.29, 1.82) is 0 Å². The maximum Gasteiger partial charge on any atom is 0.123 e. The van der Waals surface area contributed by atoms with Gasteiger partial charge in [0.25, 0.3) is 0 Å². The molecule has 116 valence electrons. The van der Waals surface area contributed by atoms with Crippen LogP contribution in [0.1, 0.15) is 51.1 Å². The van der Waals surface area contributed by atoms with Crippen molar-refractivity contribution in [1.82, 2.24) is 19.9 Å². The van der Waals surface area contributed by atoms with Crippen LogP contribution in [0, 0.1) is 5.92 Å². The van der Waals surface area contributed by atoms with E-state index in [1.165, 1.54) is 5.69 Å². The lowest BCUT2D eigenvalue weighted by Gasteiger charge is -2.14. The Hall–Kier alpha value is -1.20. The maximum atomic E-state index is 4.76. The molecule has 21 heavy (non-hydrogen) atoms. The van der Waals surface area contributed by atoms with Gasteiger partial charge in [0.05, 0.1) is 18.8 Å². The zero-order valence-corrected chi connectivity index (χ0v) is 14.5. The molecule has 0 atom stereocenters. The molecule has 2 rings (SSSR count). The Balaban J connectivity index is 2.00. The first kappa shape index (κ1) is 16.2. The third kappa shape index (κ3) is 4.64. The Morgan fingerprint density at radius 3 is 2.71 bits per heavy atom. The van der Waals surface area contributed by atoms with Crippen molar-refractivity contribution in [3.05, 3.63) is 34.3 Å². The van der Waals surface area contributed by atoms with Crippen LogP contribution in [0.15, 0.2) is 17.8 Å². The lowest BCUT2D eigenvalue weighted by molar-refractivity contribution is 0.532. The summed E-state index contributed by atoms with van der Waals surface area (Å²) in [5.41, 5.74) is 1.29. The van der Waals surface area contributed by atoms with E-state index >= 15 is 0 Å². The summed E-state index contributed by atoms with van der Waals surface area (Å²) in [5.74, 6) is 1.73. The highest BCUT2D eigenvalue weighted by Gasteiger charge is 2.17. The Kier molecular flexibility index (Phi) is 5.17. The topological polar surface area (TPSA) is 42.7 Å². The highest BCUT2D eigenvalue weighted by Crippen LogP contribution is 2.24. The normalized spacial score (nSPS) is 12.3. The highest BCUT2D eigenvalue weighted by molar-refractivity contribution is 7.09. The standard InChI is InChI=1S/C16H26N4S/c1-12(2)8-17-9-14-18-6-7-20(14)10-15-19-13(11-21-15)16(3,4)5/h6-7,11-12,17H,8-10H2,1-5H3. The summed E-state index contributed by atoms with van der Waals surface area (Å²) in [5, 5.41) is 6.75. The van der Waals surface area contributed by atoms with Gasteiger partial charge in [-0.1, -0.05) is 34.6 Å². The summed E-state index contributed by atoms with van der Waals surface area (Å²) in [6.07, 6.45) is 3.90. The van der Waals surface area contributed by atoms with Crippen molar-refractivity contribution >= 4 is 11.3 Å². The summed E-state index contributed by atoms with van der Waals surface area (Å²) in [4.78, 5) is 9.20. The monoisotopic (exact) mass is 306 g/mol.